The normalized spacial score (nSPS) is 10.4. The molecule has 0 radical (unpaired) electrons. The summed E-state index contributed by atoms with van der Waals surface area (Å²) in [5.41, 5.74) is 2.46. The second-order valence-electron chi connectivity index (χ2n) is 3.17. The molecule has 0 spiro atoms. The number of aromatic nitrogens is 1. The summed E-state index contributed by atoms with van der Waals surface area (Å²) in [6, 6.07) is 3.34. The summed E-state index contributed by atoms with van der Waals surface area (Å²) in [4.78, 5) is 15.1. The molecule has 14 heavy (non-hydrogen) atoms. The van der Waals surface area contributed by atoms with E-state index in [-0.39, 0.29) is 16.8 Å². The molecule has 5 heteroatoms. The zero-order valence-electron chi connectivity index (χ0n) is 7.91. The number of hydrogen-bond donors (Lipinski definition) is 2. The number of rotatable bonds is 2. The van der Waals surface area contributed by atoms with Gasteiger partial charge in [0, 0.05) is 0 Å². The molecule has 0 saturated heterocycles. The molecule has 0 fully saturated rings. The first kappa shape index (κ1) is 10.9. The first-order valence-corrected chi connectivity index (χ1v) is 4.55. The Morgan fingerprint density at radius 2 is 2.21 bits per heavy atom. The fourth-order valence-electron chi connectivity index (χ4n) is 1.15. The van der Waals surface area contributed by atoms with Crippen LogP contribution in [0.3, 0.4) is 0 Å². The maximum atomic E-state index is 11.2. The van der Waals surface area contributed by atoms with E-state index >= 15 is 0 Å². The second-order valence-corrected chi connectivity index (χ2v) is 3.55. The fraction of sp³-hybridized carbons (Fsp3) is 0.333. The van der Waals surface area contributed by atoms with Crippen LogP contribution in [0.1, 0.15) is 35.8 Å². The number of amides is 1. The largest absolute Gasteiger partial charge is 0.293 e. The molecule has 0 aliphatic rings. The van der Waals surface area contributed by atoms with E-state index in [9.17, 15) is 4.79 Å². The van der Waals surface area contributed by atoms with Crippen LogP contribution in [0, 0.1) is 0 Å². The van der Waals surface area contributed by atoms with Gasteiger partial charge in [-0.05, 0) is 17.5 Å². The second kappa shape index (κ2) is 4.39. The monoisotopic (exact) mass is 214 g/mol. The molecule has 0 aliphatic carbocycles. The summed E-state index contributed by atoms with van der Waals surface area (Å²) >= 11 is 5.65. The van der Waals surface area contributed by atoms with E-state index in [1.165, 1.54) is 0 Å². The molecule has 4 nitrogen and oxygen atoms in total. The van der Waals surface area contributed by atoms with Crippen molar-refractivity contribution in [3.05, 3.63) is 28.5 Å². The number of halogens is 1. The van der Waals surface area contributed by atoms with Gasteiger partial charge in [-0.15, -0.1) is 0 Å². The van der Waals surface area contributed by atoms with Crippen LogP contribution in [0.4, 0.5) is 0 Å². The van der Waals surface area contributed by atoms with Crippen LogP contribution in [0.15, 0.2) is 12.1 Å². The molecular formula is C9H11ClN2O2. The molecule has 0 unspecified atom stereocenters. The van der Waals surface area contributed by atoms with Crippen LogP contribution < -0.4 is 5.48 Å². The van der Waals surface area contributed by atoms with E-state index in [0.717, 1.165) is 5.56 Å². The Morgan fingerprint density at radius 1 is 1.57 bits per heavy atom. The molecule has 1 heterocycles. The highest BCUT2D eigenvalue weighted by molar-refractivity contribution is 6.29. The maximum Gasteiger partial charge on any atom is 0.293 e. The van der Waals surface area contributed by atoms with Gasteiger partial charge in [-0.3, -0.25) is 10.0 Å². The van der Waals surface area contributed by atoms with Crippen molar-refractivity contribution in [2.45, 2.75) is 19.8 Å². The quantitative estimate of drug-likeness (QED) is 0.450. The van der Waals surface area contributed by atoms with Gasteiger partial charge < -0.3 is 0 Å². The molecule has 0 bridgehead atoms. The van der Waals surface area contributed by atoms with Crippen LogP contribution in [0.25, 0.3) is 0 Å². The third-order valence-corrected chi connectivity index (χ3v) is 2.04. The van der Waals surface area contributed by atoms with Gasteiger partial charge in [0.2, 0.25) is 0 Å². The summed E-state index contributed by atoms with van der Waals surface area (Å²) in [5, 5.41) is 8.73. The Hall–Kier alpha value is -1.13. The lowest BCUT2D eigenvalue weighted by Gasteiger charge is -2.09. The topological polar surface area (TPSA) is 62.2 Å². The minimum absolute atomic E-state index is 0.145. The van der Waals surface area contributed by atoms with Crippen molar-refractivity contribution in [1.29, 1.82) is 0 Å². The maximum absolute atomic E-state index is 11.2. The highest BCUT2D eigenvalue weighted by Crippen LogP contribution is 2.19. The van der Waals surface area contributed by atoms with Gasteiger partial charge in [-0.1, -0.05) is 31.5 Å². The number of nitrogens with one attached hydrogen (secondary N) is 1. The van der Waals surface area contributed by atoms with Crippen molar-refractivity contribution in [1.82, 2.24) is 10.5 Å². The zero-order valence-corrected chi connectivity index (χ0v) is 8.67. The number of pyridine rings is 1. The lowest BCUT2D eigenvalue weighted by Crippen LogP contribution is -2.22. The standard InChI is InChI=1S/C9H11ClN2O2/c1-5(2)6-3-4-7(10)11-8(6)9(13)12-14/h3-5,14H,1-2H3,(H,12,13). The smallest absolute Gasteiger partial charge is 0.288 e. The van der Waals surface area contributed by atoms with E-state index in [0.29, 0.717) is 0 Å². The van der Waals surface area contributed by atoms with Gasteiger partial charge in [0.15, 0.2) is 0 Å². The molecule has 0 aliphatic heterocycles. The third kappa shape index (κ3) is 2.21. The van der Waals surface area contributed by atoms with Crippen molar-refractivity contribution < 1.29 is 10.0 Å². The Bertz CT molecular complexity index is 353. The van der Waals surface area contributed by atoms with Crippen LogP contribution in [-0.4, -0.2) is 16.1 Å². The Balaban J connectivity index is 3.22. The molecule has 1 aromatic heterocycles. The van der Waals surface area contributed by atoms with Crippen LogP contribution in [0.5, 0.6) is 0 Å². The number of hydrogen-bond acceptors (Lipinski definition) is 3. The number of nitrogens with zero attached hydrogens (tertiary/aromatic N) is 1. The van der Waals surface area contributed by atoms with Crippen molar-refractivity contribution in [2.75, 3.05) is 0 Å². The SMILES string of the molecule is CC(C)c1ccc(Cl)nc1C(=O)NO. The van der Waals surface area contributed by atoms with E-state index in [1.807, 2.05) is 13.8 Å². The summed E-state index contributed by atoms with van der Waals surface area (Å²) in [7, 11) is 0. The van der Waals surface area contributed by atoms with Gasteiger partial charge in [-0.2, -0.15) is 0 Å². The molecule has 2 N–H and O–H groups in total. The molecular weight excluding hydrogens is 204 g/mol. The Labute approximate surface area is 86.9 Å². The molecule has 0 aromatic carbocycles. The summed E-state index contributed by atoms with van der Waals surface area (Å²) < 4.78 is 0. The molecule has 1 aromatic rings. The number of carbonyl (C=O) groups excluding carboxylic acids is 1. The van der Waals surface area contributed by atoms with E-state index in [4.69, 9.17) is 16.8 Å². The van der Waals surface area contributed by atoms with Gasteiger partial charge in [0.05, 0.1) is 0 Å². The Kier molecular flexibility index (Phi) is 3.43. The van der Waals surface area contributed by atoms with Crippen molar-refractivity contribution in [3.8, 4) is 0 Å². The number of carbonyl (C=O) groups is 1. The first-order valence-electron chi connectivity index (χ1n) is 4.17. The van der Waals surface area contributed by atoms with Gasteiger partial charge in [0.1, 0.15) is 10.8 Å². The van der Waals surface area contributed by atoms with Crippen LogP contribution in [0.2, 0.25) is 5.15 Å². The minimum Gasteiger partial charge on any atom is -0.288 e. The molecule has 0 atom stereocenters. The lowest BCUT2D eigenvalue weighted by atomic mass is 10.0. The summed E-state index contributed by atoms with van der Waals surface area (Å²) in [5.74, 6) is -0.497. The summed E-state index contributed by atoms with van der Waals surface area (Å²) in [6.45, 7) is 3.86. The minimum atomic E-state index is -0.642. The molecule has 1 amide bonds. The lowest BCUT2D eigenvalue weighted by molar-refractivity contribution is 0.0699. The van der Waals surface area contributed by atoms with E-state index in [2.05, 4.69) is 4.98 Å². The van der Waals surface area contributed by atoms with Crippen LogP contribution >= 0.6 is 11.6 Å². The average Bonchev–Trinajstić information content (AvgIpc) is 2.16. The van der Waals surface area contributed by atoms with Crippen molar-refractivity contribution in [2.24, 2.45) is 0 Å². The van der Waals surface area contributed by atoms with E-state index in [1.54, 1.807) is 17.6 Å². The van der Waals surface area contributed by atoms with Crippen molar-refractivity contribution in [3.63, 3.8) is 0 Å². The highest BCUT2D eigenvalue weighted by atomic mass is 35.5. The predicted octanol–water partition coefficient (Wildman–Crippen LogP) is 1.98. The highest BCUT2D eigenvalue weighted by Gasteiger charge is 2.15. The fourth-order valence-corrected chi connectivity index (χ4v) is 1.29. The first-order chi connectivity index (χ1) is 6.56. The molecule has 1 rings (SSSR count). The van der Waals surface area contributed by atoms with Crippen LogP contribution in [-0.2, 0) is 0 Å². The van der Waals surface area contributed by atoms with E-state index < -0.39 is 5.91 Å². The van der Waals surface area contributed by atoms with Gasteiger partial charge >= 0.3 is 0 Å². The van der Waals surface area contributed by atoms with Gasteiger partial charge in [-0.25, -0.2) is 10.5 Å². The predicted molar refractivity (Wildman–Crippen MR) is 52.6 cm³/mol. The van der Waals surface area contributed by atoms with Gasteiger partial charge in [0.25, 0.3) is 5.91 Å². The number of hydroxylamine groups is 1. The third-order valence-electron chi connectivity index (χ3n) is 1.83. The summed E-state index contributed by atoms with van der Waals surface area (Å²) in [6.07, 6.45) is 0. The Morgan fingerprint density at radius 3 is 2.71 bits per heavy atom. The average molecular weight is 215 g/mol. The van der Waals surface area contributed by atoms with Crippen molar-refractivity contribution >= 4 is 17.5 Å². The molecule has 76 valence electrons. The zero-order chi connectivity index (χ0) is 10.7. The molecule has 0 saturated carbocycles.